The summed E-state index contributed by atoms with van der Waals surface area (Å²) in [5.41, 5.74) is 6.13. The van der Waals surface area contributed by atoms with Crippen molar-refractivity contribution in [2.24, 2.45) is 0 Å². The fourth-order valence-electron chi connectivity index (χ4n) is 2.86. The Bertz CT molecular complexity index is 866. The van der Waals surface area contributed by atoms with Crippen LogP contribution in [0.4, 0.5) is 10.1 Å². The highest BCUT2D eigenvalue weighted by atomic mass is 19.1. The molecule has 0 radical (unpaired) electrons. The standard InChI is InChI=1S/C18H18FN3O4/c1-24-18(23)17-16(21)11(8-20)9-22(17)14-7-12(19)4-5-15(14)26-10-13-3-2-6-25-13/h4-5,7,9,13H,2-3,6,10,21H2,1H3. The first-order valence-electron chi connectivity index (χ1n) is 8.08. The largest absolute Gasteiger partial charge is 0.489 e. The molecule has 1 aliphatic rings. The summed E-state index contributed by atoms with van der Waals surface area (Å²) in [5.74, 6) is -0.920. The van der Waals surface area contributed by atoms with Crippen LogP contribution in [0.1, 0.15) is 28.9 Å². The van der Waals surface area contributed by atoms with E-state index < -0.39 is 11.8 Å². The van der Waals surface area contributed by atoms with E-state index in [4.69, 9.17) is 19.9 Å². The zero-order valence-corrected chi connectivity index (χ0v) is 14.2. The summed E-state index contributed by atoms with van der Waals surface area (Å²) in [6.07, 6.45) is 3.18. The normalized spacial score (nSPS) is 16.3. The Morgan fingerprint density at radius 1 is 1.54 bits per heavy atom. The maximum atomic E-state index is 13.9. The van der Waals surface area contributed by atoms with Crippen LogP contribution in [0, 0.1) is 17.1 Å². The van der Waals surface area contributed by atoms with Crippen molar-refractivity contribution in [2.75, 3.05) is 26.1 Å². The lowest BCUT2D eigenvalue weighted by atomic mass is 10.2. The van der Waals surface area contributed by atoms with E-state index in [-0.39, 0.29) is 28.7 Å². The first-order valence-corrected chi connectivity index (χ1v) is 8.08. The van der Waals surface area contributed by atoms with Crippen LogP contribution >= 0.6 is 0 Å². The fraction of sp³-hybridized carbons (Fsp3) is 0.333. The highest BCUT2D eigenvalue weighted by molar-refractivity contribution is 5.96. The van der Waals surface area contributed by atoms with E-state index in [0.29, 0.717) is 19.0 Å². The minimum Gasteiger partial charge on any atom is -0.489 e. The average Bonchev–Trinajstić information content (AvgIpc) is 3.27. The van der Waals surface area contributed by atoms with Crippen LogP contribution in [0.15, 0.2) is 24.4 Å². The highest BCUT2D eigenvalue weighted by Gasteiger charge is 2.24. The molecule has 1 aromatic carbocycles. The van der Waals surface area contributed by atoms with Crippen molar-refractivity contribution in [3.63, 3.8) is 0 Å². The SMILES string of the molecule is COC(=O)c1c(N)c(C#N)cn1-c1cc(F)ccc1OCC1CCCO1. The number of aromatic nitrogens is 1. The van der Waals surface area contributed by atoms with Gasteiger partial charge in [-0.2, -0.15) is 5.26 Å². The van der Waals surface area contributed by atoms with E-state index >= 15 is 0 Å². The first kappa shape index (κ1) is 17.8. The molecule has 8 heteroatoms. The molecule has 26 heavy (non-hydrogen) atoms. The molecule has 1 aromatic heterocycles. The van der Waals surface area contributed by atoms with E-state index in [0.717, 1.165) is 12.8 Å². The summed E-state index contributed by atoms with van der Waals surface area (Å²) in [5, 5.41) is 9.21. The molecule has 0 amide bonds. The molecule has 1 aliphatic heterocycles. The number of esters is 1. The van der Waals surface area contributed by atoms with Gasteiger partial charge in [-0.3, -0.25) is 0 Å². The Kier molecular flexibility index (Phi) is 5.09. The zero-order valence-electron chi connectivity index (χ0n) is 14.2. The molecule has 1 saturated heterocycles. The number of nitriles is 1. The minimum absolute atomic E-state index is 0.0302. The molecule has 0 aliphatic carbocycles. The molecule has 0 bridgehead atoms. The molecule has 1 fully saturated rings. The van der Waals surface area contributed by atoms with Gasteiger partial charge in [0, 0.05) is 18.9 Å². The van der Waals surface area contributed by atoms with Crippen molar-refractivity contribution in [3.8, 4) is 17.5 Å². The lowest BCUT2D eigenvalue weighted by Gasteiger charge is -2.16. The van der Waals surface area contributed by atoms with Crippen LogP contribution in [-0.4, -0.2) is 37.0 Å². The Morgan fingerprint density at radius 3 is 3.00 bits per heavy atom. The van der Waals surface area contributed by atoms with Gasteiger partial charge >= 0.3 is 5.97 Å². The van der Waals surface area contributed by atoms with Crippen LogP contribution in [0.2, 0.25) is 0 Å². The summed E-state index contributed by atoms with van der Waals surface area (Å²) < 4.78 is 31.2. The van der Waals surface area contributed by atoms with Crippen LogP contribution in [-0.2, 0) is 9.47 Å². The summed E-state index contributed by atoms with van der Waals surface area (Å²) in [4.78, 5) is 12.1. The quantitative estimate of drug-likeness (QED) is 0.823. The Morgan fingerprint density at radius 2 is 2.35 bits per heavy atom. The van der Waals surface area contributed by atoms with E-state index in [1.165, 1.54) is 36.1 Å². The third-order valence-electron chi connectivity index (χ3n) is 4.17. The van der Waals surface area contributed by atoms with Crippen molar-refractivity contribution in [1.82, 2.24) is 4.57 Å². The van der Waals surface area contributed by atoms with Crippen LogP contribution < -0.4 is 10.5 Å². The number of hydrogen-bond acceptors (Lipinski definition) is 6. The molecule has 136 valence electrons. The van der Waals surface area contributed by atoms with Gasteiger partial charge < -0.3 is 24.5 Å². The Balaban J connectivity index is 2.04. The van der Waals surface area contributed by atoms with Crippen LogP contribution in [0.3, 0.4) is 0 Å². The Labute approximate surface area is 149 Å². The van der Waals surface area contributed by atoms with Gasteiger partial charge in [0.1, 0.15) is 24.2 Å². The van der Waals surface area contributed by atoms with Gasteiger partial charge in [-0.05, 0) is 25.0 Å². The zero-order chi connectivity index (χ0) is 18.7. The summed E-state index contributed by atoms with van der Waals surface area (Å²) in [6, 6.07) is 5.83. The average molecular weight is 359 g/mol. The van der Waals surface area contributed by atoms with Crippen molar-refractivity contribution in [3.05, 3.63) is 41.5 Å². The number of anilines is 1. The molecular formula is C18H18FN3O4. The molecule has 7 nitrogen and oxygen atoms in total. The van der Waals surface area contributed by atoms with Crippen LogP contribution in [0.25, 0.3) is 5.69 Å². The molecular weight excluding hydrogens is 341 g/mol. The summed E-state index contributed by atoms with van der Waals surface area (Å²) in [7, 11) is 1.20. The lowest BCUT2D eigenvalue weighted by Crippen LogP contribution is -2.18. The second-order valence-electron chi connectivity index (χ2n) is 5.84. The molecule has 2 N–H and O–H groups in total. The smallest absolute Gasteiger partial charge is 0.357 e. The number of rotatable bonds is 5. The van der Waals surface area contributed by atoms with E-state index in [9.17, 15) is 14.4 Å². The number of halogens is 1. The van der Waals surface area contributed by atoms with Crippen molar-refractivity contribution in [2.45, 2.75) is 18.9 Å². The third-order valence-corrected chi connectivity index (χ3v) is 4.17. The van der Waals surface area contributed by atoms with Crippen molar-refractivity contribution < 1.29 is 23.4 Å². The highest BCUT2D eigenvalue weighted by Crippen LogP contribution is 2.31. The van der Waals surface area contributed by atoms with Gasteiger partial charge in [0.25, 0.3) is 0 Å². The van der Waals surface area contributed by atoms with E-state index in [2.05, 4.69) is 0 Å². The molecule has 3 rings (SSSR count). The number of methoxy groups -OCH3 is 1. The van der Waals surface area contributed by atoms with Gasteiger partial charge in [0.2, 0.25) is 0 Å². The predicted molar refractivity (Wildman–Crippen MR) is 90.7 cm³/mol. The molecule has 0 spiro atoms. The van der Waals surface area contributed by atoms with Gasteiger partial charge in [-0.25, -0.2) is 9.18 Å². The maximum absolute atomic E-state index is 13.9. The van der Waals surface area contributed by atoms with Gasteiger partial charge in [-0.1, -0.05) is 0 Å². The summed E-state index contributed by atoms with van der Waals surface area (Å²) in [6.45, 7) is 0.991. The van der Waals surface area contributed by atoms with Gasteiger partial charge in [0.15, 0.2) is 5.69 Å². The number of ether oxygens (including phenoxy) is 3. The number of carbonyl (C=O) groups is 1. The fourth-order valence-corrected chi connectivity index (χ4v) is 2.86. The first-order chi connectivity index (χ1) is 12.5. The third kappa shape index (κ3) is 3.34. The van der Waals surface area contributed by atoms with E-state index in [1.807, 2.05) is 6.07 Å². The number of hydrogen-bond donors (Lipinski definition) is 1. The van der Waals surface area contributed by atoms with Crippen molar-refractivity contribution in [1.29, 1.82) is 5.26 Å². The maximum Gasteiger partial charge on any atom is 0.357 e. The second kappa shape index (κ2) is 7.45. The number of nitrogen functional groups attached to an aromatic ring is 1. The van der Waals surface area contributed by atoms with Gasteiger partial charge in [0.05, 0.1) is 30.2 Å². The molecule has 0 saturated carbocycles. The van der Waals surface area contributed by atoms with Crippen molar-refractivity contribution >= 4 is 11.7 Å². The molecule has 2 heterocycles. The monoisotopic (exact) mass is 359 g/mol. The molecule has 1 unspecified atom stereocenters. The minimum atomic E-state index is -0.738. The molecule has 1 atom stereocenters. The van der Waals surface area contributed by atoms with Gasteiger partial charge in [-0.15, -0.1) is 0 Å². The molecule has 2 aromatic rings. The predicted octanol–water partition coefficient (Wildman–Crippen LogP) is 2.41. The number of benzene rings is 1. The number of carbonyl (C=O) groups excluding carboxylic acids is 1. The summed E-state index contributed by atoms with van der Waals surface area (Å²) >= 11 is 0. The second-order valence-corrected chi connectivity index (χ2v) is 5.84. The van der Waals surface area contributed by atoms with Crippen LogP contribution in [0.5, 0.6) is 5.75 Å². The topological polar surface area (TPSA) is 99.5 Å². The Hall–Kier alpha value is -3.05. The lowest BCUT2D eigenvalue weighted by molar-refractivity contribution is 0.0591. The van der Waals surface area contributed by atoms with E-state index in [1.54, 1.807) is 0 Å². The number of nitrogens with zero attached hydrogens (tertiary/aromatic N) is 2. The number of nitrogens with two attached hydrogens (primary N) is 1.